The van der Waals surface area contributed by atoms with Crippen molar-refractivity contribution in [1.82, 2.24) is 10.3 Å². The Bertz CT molecular complexity index is 846. The van der Waals surface area contributed by atoms with Gasteiger partial charge in [0.05, 0.1) is 12.2 Å². The molecule has 7 heteroatoms. The first-order valence-corrected chi connectivity index (χ1v) is 12.7. The lowest BCUT2D eigenvalue weighted by atomic mass is 9.79. The van der Waals surface area contributed by atoms with Crippen LogP contribution in [0.1, 0.15) is 66.2 Å². The van der Waals surface area contributed by atoms with Crippen LogP contribution in [0.5, 0.6) is 0 Å². The normalized spacial score (nSPS) is 27.7. The van der Waals surface area contributed by atoms with Gasteiger partial charge in [0.15, 0.2) is 0 Å². The Morgan fingerprint density at radius 1 is 1.12 bits per heavy atom. The molecule has 0 aliphatic carbocycles. The van der Waals surface area contributed by atoms with E-state index in [9.17, 15) is 14.4 Å². The molecule has 7 nitrogen and oxygen atoms in total. The number of hydrogen-bond acceptors (Lipinski definition) is 6. The number of esters is 1. The van der Waals surface area contributed by atoms with E-state index in [2.05, 4.69) is 10.3 Å². The molecular weight excluding hydrogens is 418 g/mol. The third-order valence-electron chi connectivity index (χ3n) is 7.98. The lowest BCUT2D eigenvalue weighted by Gasteiger charge is -2.50. The molecule has 3 heterocycles. The van der Waals surface area contributed by atoms with Crippen LogP contribution in [0.2, 0.25) is 0 Å². The summed E-state index contributed by atoms with van der Waals surface area (Å²) in [5.74, 6) is 1.00. The van der Waals surface area contributed by atoms with Gasteiger partial charge in [0, 0.05) is 18.7 Å². The Morgan fingerprint density at radius 3 is 2.55 bits per heavy atom. The highest BCUT2D eigenvalue weighted by Gasteiger charge is 2.50. The zero-order valence-electron chi connectivity index (χ0n) is 19.8. The molecule has 3 aliphatic heterocycles. The quantitative estimate of drug-likeness (QED) is 0.403. The minimum absolute atomic E-state index is 0.00647. The summed E-state index contributed by atoms with van der Waals surface area (Å²) in [4.78, 5) is 38.1. The van der Waals surface area contributed by atoms with Crippen molar-refractivity contribution < 1.29 is 23.7 Å². The van der Waals surface area contributed by atoms with E-state index in [4.69, 9.17) is 4.74 Å². The molecule has 3 aliphatic rings. The molecule has 180 valence electrons. The van der Waals surface area contributed by atoms with Gasteiger partial charge in [-0.15, -0.1) is 5.01 Å². The monoisotopic (exact) mass is 456 g/mol. The smallest absolute Gasteiger partial charge is 0.365 e. The number of quaternary nitrogens is 1. The van der Waals surface area contributed by atoms with E-state index in [1.165, 1.54) is 12.8 Å². The number of likely N-dealkylation sites (tertiary alicyclic amines) is 1. The number of nitrogens with zero attached hydrogens (tertiary/aromatic N) is 2. The van der Waals surface area contributed by atoms with Gasteiger partial charge in [-0.25, -0.2) is 4.79 Å². The first-order valence-electron chi connectivity index (χ1n) is 12.7. The van der Waals surface area contributed by atoms with Gasteiger partial charge in [0.25, 0.3) is 0 Å². The van der Waals surface area contributed by atoms with Crippen LogP contribution in [-0.2, 0) is 9.53 Å². The lowest BCUT2D eigenvalue weighted by molar-refractivity contribution is -0.972. The molecule has 0 bridgehead atoms. The maximum atomic E-state index is 14.1. The van der Waals surface area contributed by atoms with Gasteiger partial charge in [-0.2, -0.15) is 4.59 Å². The predicted octanol–water partition coefficient (Wildman–Crippen LogP) is 3.06. The highest BCUT2D eigenvalue weighted by Crippen LogP contribution is 2.36. The van der Waals surface area contributed by atoms with Gasteiger partial charge in [-0.05, 0) is 82.5 Å². The number of aldehydes is 1. The third kappa shape index (κ3) is 5.20. The maximum absolute atomic E-state index is 14.1. The molecule has 0 radical (unpaired) electrons. The van der Waals surface area contributed by atoms with E-state index in [1.54, 1.807) is 24.3 Å². The summed E-state index contributed by atoms with van der Waals surface area (Å²) in [5, 5.41) is 5.78. The Kier molecular flexibility index (Phi) is 7.94. The fourth-order valence-electron chi connectivity index (χ4n) is 6.21. The summed E-state index contributed by atoms with van der Waals surface area (Å²) in [6, 6.07) is 6.97. The largest absolute Gasteiger partial charge is 0.466 e. The minimum Gasteiger partial charge on any atom is -0.466 e. The van der Waals surface area contributed by atoms with E-state index < -0.39 is 0 Å². The fraction of sp³-hybridized carbons (Fsp3) is 0.654. The van der Waals surface area contributed by atoms with Gasteiger partial charge in [0.2, 0.25) is 0 Å². The van der Waals surface area contributed by atoms with Crippen molar-refractivity contribution in [1.29, 1.82) is 0 Å². The molecule has 0 spiro atoms. The zero-order chi connectivity index (χ0) is 23.3. The average molecular weight is 457 g/mol. The van der Waals surface area contributed by atoms with Crippen molar-refractivity contribution in [3.05, 3.63) is 35.4 Å². The number of hydrogen-bond donors (Lipinski definition) is 1. The number of carbonyl (C=O) groups is 3. The average Bonchev–Trinajstić information content (AvgIpc) is 2.89. The highest BCUT2D eigenvalue weighted by molar-refractivity contribution is 5.91. The standard InChI is InChI=1S/C26H38N3O4/c1-2-33-26(32)24-7-4-16-29(18-24,25(31)23-6-3-5-20(17-23)19-30)28-14-10-22(11-15-28)21-8-12-27-13-9-21/h3,5-6,17,19,21-22,24,27H,2,4,7-16,18H2,1H3/q+1. The Hall–Kier alpha value is -2.09. The summed E-state index contributed by atoms with van der Waals surface area (Å²) in [7, 11) is 0. The van der Waals surface area contributed by atoms with Crippen molar-refractivity contribution in [3.8, 4) is 0 Å². The molecule has 0 aromatic heterocycles. The van der Waals surface area contributed by atoms with Crippen LogP contribution in [0.15, 0.2) is 24.3 Å². The zero-order valence-corrected chi connectivity index (χ0v) is 19.8. The molecule has 1 aromatic rings. The minimum atomic E-state index is -0.279. The summed E-state index contributed by atoms with van der Waals surface area (Å²) >= 11 is 0. The van der Waals surface area contributed by atoms with Crippen molar-refractivity contribution in [2.45, 2.75) is 45.4 Å². The molecule has 0 saturated carbocycles. The third-order valence-corrected chi connectivity index (χ3v) is 7.98. The molecule has 1 aromatic carbocycles. The molecular formula is C26H38N3O4+. The second kappa shape index (κ2) is 10.9. The van der Waals surface area contributed by atoms with Gasteiger partial charge < -0.3 is 10.1 Å². The highest BCUT2D eigenvalue weighted by atomic mass is 16.5. The van der Waals surface area contributed by atoms with Crippen LogP contribution in [0, 0.1) is 17.8 Å². The van der Waals surface area contributed by atoms with E-state index in [0.29, 0.717) is 36.7 Å². The van der Waals surface area contributed by atoms with Crippen molar-refractivity contribution in [2.75, 3.05) is 45.9 Å². The molecule has 33 heavy (non-hydrogen) atoms. The van der Waals surface area contributed by atoms with Crippen LogP contribution < -0.4 is 5.32 Å². The molecule has 3 fully saturated rings. The van der Waals surface area contributed by atoms with E-state index in [1.807, 2.05) is 6.92 Å². The molecule has 2 unspecified atom stereocenters. The maximum Gasteiger partial charge on any atom is 0.365 e. The lowest BCUT2D eigenvalue weighted by Crippen LogP contribution is -2.69. The summed E-state index contributed by atoms with van der Waals surface area (Å²) in [6.07, 6.45) is 7.01. The Balaban J connectivity index is 1.58. The summed E-state index contributed by atoms with van der Waals surface area (Å²) < 4.78 is 5.52. The van der Waals surface area contributed by atoms with Crippen molar-refractivity contribution in [3.63, 3.8) is 0 Å². The summed E-state index contributed by atoms with van der Waals surface area (Å²) in [6.45, 7) is 7.26. The van der Waals surface area contributed by atoms with Gasteiger partial charge >= 0.3 is 11.9 Å². The van der Waals surface area contributed by atoms with Crippen LogP contribution in [-0.4, -0.2) is 73.6 Å². The van der Waals surface area contributed by atoms with Crippen molar-refractivity contribution >= 4 is 18.2 Å². The van der Waals surface area contributed by atoms with Crippen LogP contribution in [0.3, 0.4) is 0 Å². The van der Waals surface area contributed by atoms with Gasteiger partial charge in [-0.3, -0.25) is 9.59 Å². The Morgan fingerprint density at radius 2 is 1.85 bits per heavy atom. The number of piperidine rings is 3. The van der Waals surface area contributed by atoms with Gasteiger partial charge in [-0.1, -0.05) is 12.1 Å². The van der Waals surface area contributed by atoms with E-state index >= 15 is 0 Å². The van der Waals surface area contributed by atoms with Crippen LogP contribution >= 0.6 is 0 Å². The Labute approximate surface area is 197 Å². The molecule has 4 rings (SSSR count). The molecule has 3 saturated heterocycles. The number of carbonyl (C=O) groups excluding carboxylic acids is 3. The fourth-order valence-corrected chi connectivity index (χ4v) is 6.21. The number of amides is 1. The molecule has 1 amide bonds. The van der Waals surface area contributed by atoms with Crippen molar-refractivity contribution in [2.24, 2.45) is 17.8 Å². The van der Waals surface area contributed by atoms with Crippen LogP contribution in [0.25, 0.3) is 0 Å². The summed E-state index contributed by atoms with van der Waals surface area (Å²) in [5.41, 5.74) is 1.05. The second-order valence-corrected chi connectivity index (χ2v) is 9.85. The number of nitrogens with one attached hydrogen (secondary N) is 1. The molecule has 1 N–H and O–H groups in total. The first kappa shape index (κ1) is 24.0. The van der Waals surface area contributed by atoms with E-state index in [-0.39, 0.29) is 22.4 Å². The second-order valence-electron chi connectivity index (χ2n) is 9.85. The number of rotatable bonds is 6. The van der Waals surface area contributed by atoms with E-state index in [0.717, 1.165) is 64.1 Å². The molecule has 2 atom stereocenters. The van der Waals surface area contributed by atoms with Crippen LogP contribution in [0.4, 0.5) is 0 Å². The number of benzene rings is 1. The SMILES string of the molecule is CCOC(=O)C1CCC[N+](C(=O)c2cccc(C=O)c2)(N2CCC(C3CCNCC3)CC2)C1. The number of ether oxygens (including phenoxy) is 1. The topological polar surface area (TPSA) is 75.7 Å². The first-order chi connectivity index (χ1) is 16.1. The van der Waals surface area contributed by atoms with Gasteiger partial charge in [0.1, 0.15) is 25.3 Å². The predicted molar refractivity (Wildman–Crippen MR) is 125 cm³/mol.